The summed E-state index contributed by atoms with van der Waals surface area (Å²) in [7, 11) is 0. The van der Waals surface area contributed by atoms with E-state index in [-0.39, 0.29) is 11.9 Å². The molecule has 0 saturated heterocycles. The molecule has 1 amide bonds. The molecule has 0 radical (unpaired) electrons. The number of nitrogens with one attached hydrogen (secondary N) is 2. The normalized spacial score (nSPS) is 15.7. The Bertz CT molecular complexity index is 1140. The van der Waals surface area contributed by atoms with Crippen molar-refractivity contribution in [2.45, 2.75) is 25.3 Å². The molecule has 5 rings (SSSR count). The van der Waals surface area contributed by atoms with Gasteiger partial charge in [0.05, 0.1) is 12.2 Å². The number of rotatable bonds is 4. The van der Waals surface area contributed by atoms with Crippen LogP contribution in [0.1, 0.15) is 40.5 Å². The summed E-state index contributed by atoms with van der Waals surface area (Å²) in [6, 6.07) is 3.61. The van der Waals surface area contributed by atoms with Crippen molar-refractivity contribution in [3.63, 3.8) is 0 Å². The molecule has 0 unspecified atom stereocenters. The van der Waals surface area contributed by atoms with Crippen LogP contribution in [0.4, 0.5) is 0 Å². The van der Waals surface area contributed by atoms with Gasteiger partial charge in [-0.3, -0.25) is 14.9 Å². The molecule has 4 heterocycles. The molecule has 0 fully saturated rings. The highest BCUT2D eigenvalue weighted by Crippen LogP contribution is 2.30. The Labute approximate surface area is 164 Å². The fourth-order valence-electron chi connectivity index (χ4n) is 3.45. The molecule has 144 valence electrons. The van der Waals surface area contributed by atoms with E-state index < -0.39 is 0 Å². The maximum Gasteiger partial charge on any atom is 0.257 e. The Morgan fingerprint density at radius 1 is 1.28 bits per heavy atom. The summed E-state index contributed by atoms with van der Waals surface area (Å²) < 4.78 is 1.36. The van der Waals surface area contributed by atoms with Crippen molar-refractivity contribution in [3.05, 3.63) is 60.1 Å². The van der Waals surface area contributed by atoms with Gasteiger partial charge in [-0.2, -0.15) is 9.78 Å². The van der Waals surface area contributed by atoms with Crippen LogP contribution in [0.3, 0.4) is 0 Å². The monoisotopic (exact) mass is 388 g/mol. The van der Waals surface area contributed by atoms with Crippen LogP contribution in [-0.4, -0.2) is 51.3 Å². The number of fused-ring (bicyclic) bond motifs is 1. The zero-order chi connectivity index (χ0) is 19.6. The molecule has 4 aromatic rings. The Balaban J connectivity index is 1.40. The first-order chi connectivity index (χ1) is 14.3. The number of H-pyrrole nitrogens is 1. The minimum Gasteiger partial charge on any atom is -0.345 e. The molecule has 1 aliphatic rings. The van der Waals surface area contributed by atoms with Gasteiger partial charge in [0.1, 0.15) is 11.9 Å². The van der Waals surface area contributed by atoms with Crippen LogP contribution in [0.2, 0.25) is 0 Å². The van der Waals surface area contributed by atoms with Crippen molar-refractivity contribution < 1.29 is 4.79 Å². The Morgan fingerprint density at radius 3 is 3.07 bits per heavy atom. The van der Waals surface area contributed by atoms with Gasteiger partial charge in [0.2, 0.25) is 0 Å². The number of carbonyl (C=O) groups excluding carboxylic acids is 1. The van der Waals surface area contributed by atoms with Gasteiger partial charge < -0.3 is 5.32 Å². The fraction of sp³-hybridized carbons (Fsp3) is 0.222. The maximum atomic E-state index is 12.9. The van der Waals surface area contributed by atoms with E-state index in [0.717, 1.165) is 36.1 Å². The summed E-state index contributed by atoms with van der Waals surface area (Å²) in [5.74, 6) is 0.782. The zero-order valence-corrected chi connectivity index (χ0v) is 15.2. The van der Waals surface area contributed by atoms with E-state index in [4.69, 9.17) is 4.98 Å². The zero-order valence-electron chi connectivity index (χ0n) is 15.2. The number of amides is 1. The van der Waals surface area contributed by atoms with E-state index in [1.165, 1.54) is 17.2 Å². The van der Waals surface area contributed by atoms with Crippen LogP contribution in [0.15, 0.2) is 43.2 Å². The molecular weight excluding hydrogens is 372 g/mol. The van der Waals surface area contributed by atoms with E-state index in [1.54, 1.807) is 18.6 Å². The van der Waals surface area contributed by atoms with Crippen molar-refractivity contribution in [1.82, 2.24) is 50.7 Å². The van der Waals surface area contributed by atoms with E-state index in [9.17, 15) is 4.79 Å². The van der Waals surface area contributed by atoms with Gasteiger partial charge in [0, 0.05) is 35.4 Å². The van der Waals surface area contributed by atoms with Crippen molar-refractivity contribution >= 4 is 5.91 Å². The van der Waals surface area contributed by atoms with E-state index in [0.29, 0.717) is 17.2 Å². The predicted octanol–water partition coefficient (Wildman–Crippen LogP) is 1.04. The number of aromatic nitrogens is 9. The quantitative estimate of drug-likeness (QED) is 0.528. The number of tetrazole rings is 1. The van der Waals surface area contributed by atoms with Crippen LogP contribution in [0.25, 0.3) is 17.2 Å². The third-order valence-corrected chi connectivity index (χ3v) is 4.85. The first-order valence-electron chi connectivity index (χ1n) is 9.13. The van der Waals surface area contributed by atoms with Crippen LogP contribution >= 0.6 is 0 Å². The summed E-state index contributed by atoms with van der Waals surface area (Å²) in [4.78, 5) is 26.2. The lowest BCUT2D eigenvalue weighted by Crippen LogP contribution is -2.32. The molecule has 11 heteroatoms. The summed E-state index contributed by atoms with van der Waals surface area (Å²) in [5, 5.41) is 20.7. The van der Waals surface area contributed by atoms with Gasteiger partial charge in [-0.1, -0.05) is 0 Å². The molecule has 4 aromatic heterocycles. The van der Waals surface area contributed by atoms with Gasteiger partial charge >= 0.3 is 0 Å². The fourth-order valence-corrected chi connectivity index (χ4v) is 3.45. The van der Waals surface area contributed by atoms with Gasteiger partial charge in [-0.25, -0.2) is 9.97 Å². The number of hydrogen-bond donors (Lipinski definition) is 2. The third-order valence-electron chi connectivity index (χ3n) is 4.85. The topological polar surface area (TPSA) is 140 Å². The Hall–Kier alpha value is -4.02. The maximum absolute atomic E-state index is 12.9. The van der Waals surface area contributed by atoms with Crippen molar-refractivity contribution in [1.29, 1.82) is 0 Å². The number of aryl methyl sites for hydroxylation is 1. The van der Waals surface area contributed by atoms with Crippen LogP contribution in [-0.2, 0) is 6.42 Å². The number of hydrogen-bond acceptors (Lipinski definition) is 8. The molecular formula is C18H16N10O. The van der Waals surface area contributed by atoms with Gasteiger partial charge in [-0.05, 0) is 41.8 Å². The molecule has 0 spiro atoms. The second-order valence-corrected chi connectivity index (χ2v) is 6.64. The number of aromatic amines is 1. The highest BCUT2D eigenvalue weighted by atomic mass is 16.1. The highest BCUT2D eigenvalue weighted by Gasteiger charge is 2.26. The lowest BCUT2D eigenvalue weighted by molar-refractivity contribution is 0.0932. The van der Waals surface area contributed by atoms with Crippen LogP contribution < -0.4 is 5.32 Å². The van der Waals surface area contributed by atoms with Crippen molar-refractivity contribution in [2.75, 3.05) is 0 Å². The van der Waals surface area contributed by atoms with E-state index in [2.05, 4.69) is 41.0 Å². The first kappa shape index (κ1) is 17.1. The Kier molecular flexibility index (Phi) is 4.24. The Morgan fingerprint density at radius 2 is 2.24 bits per heavy atom. The lowest BCUT2D eigenvalue weighted by atomic mass is 9.92. The largest absolute Gasteiger partial charge is 0.345 e. The molecule has 0 aromatic carbocycles. The second kappa shape index (κ2) is 7.19. The number of nitrogens with zero attached hydrogens (tertiary/aromatic N) is 8. The number of carbonyl (C=O) groups is 1. The van der Waals surface area contributed by atoms with Crippen molar-refractivity contribution in [3.8, 4) is 17.2 Å². The van der Waals surface area contributed by atoms with Gasteiger partial charge in [-0.15, -0.1) is 5.10 Å². The smallest absolute Gasteiger partial charge is 0.257 e. The molecule has 0 bridgehead atoms. The second-order valence-electron chi connectivity index (χ2n) is 6.64. The van der Waals surface area contributed by atoms with Crippen LogP contribution in [0, 0.1) is 0 Å². The minimum atomic E-state index is -0.265. The number of pyridine rings is 1. The summed E-state index contributed by atoms with van der Waals surface area (Å²) in [6.45, 7) is 0. The van der Waals surface area contributed by atoms with Gasteiger partial charge in [0.15, 0.2) is 11.6 Å². The lowest BCUT2D eigenvalue weighted by Gasteiger charge is -2.25. The standard InChI is InChI=1S/C18H16N10O/c29-18(13-9-21-25-17(13)28-10-22-26-27-28)24-15-5-1-4-14-12(15)8-20-16(23-14)11-3-2-6-19-7-11/h2-3,6-10,15H,1,4-5H2,(H,21,25)(H,24,29)/t15-/m1/s1. The average molecular weight is 388 g/mol. The van der Waals surface area contributed by atoms with Crippen LogP contribution in [0.5, 0.6) is 0 Å². The molecule has 29 heavy (non-hydrogen) atoms. The predicted molar refractivity (Wildman–Crippen MR) is 99.7 cm³/mol. The molecule has 0 aliphatic heterocycles. The first-order valence-corrected chi connectivity index (χ1v) is 9.13. The summed E-state index contributed by atoms with van der Waals surface area (Å²) >= 11 is 0. The van der Waals surface area contributed by atoms with Gasteiger partial charge in [0.25, 0.3) is 5.91 Å². The van der Waals surface area contributed by atoms with Crippen molar-refractivity contribution in [2.24, 2.45) is 0 Å². The van der Waals surface area contributed by atoms with E-state index >= 15 is 0 Å². The molecule has 2 N–H and O–H groups in total. The third kappa shape index (κ3) is 3.22. The average Bonchev–Trinajstić information content (AvgIpc) is 3.46. The summed E-state index contributed by atoms with van der Waals surface area (Å²) in [5.41, 5.74) is 3.11. The molecule has 0 saturated carbocycles. The summed E-state index contributed by atoms with van der Waals surface area (Å²) in [6.07, 6.45) is 10.7. The SMILES string of the molecule is O=C(N[C@@H]1CCCc2nc(-c3cccnc3)ncc21)c1cn[nH]c1-n1cnnn1. The highest BCUT2D eigenvalue weighted by molar-refractivity contribution is 5.97. The molecule has 11 nitrogen and oxygen atoms in total. The minimum absolute atomic E-state index is 0.175. The molecule has 1 atom stereocenters. The molecule has 1 aliphatic carbocycles. The van der Waals surface area contributed by atoms with E-state index in [1.807, 2.05) is 12.1 Å².